The smallest absolute Gasteiger partial charge is 0.119 e. The monoisotopic (exact) mass is 347 g/mol. The Labute approximate surface area is 151 Å². The second-order valence-electron chi connectivity index (χ2n) is 6.27. The number of rotatable bonds is 4. The highest BCUT2D eigenvalue weighted by Crippen LogP contribution is 2.35. The molecular formula is C22H18ClNO. The van der Waals surface area contributed by atoms with Crippen molar-refractivity contribution in [1.29, 1.82) is 0 Å². The van der Waals surface area contributed by atoms with E-state index in [2.05, 4.69) is 4.98 Å². The van der Waals surface area contributed by atoms with E-state index >= 15 is 0 Å². The highest BCUT2D eigenvalue weighted by atomic mass is 35.5. The van der Waals surface area contributed by atoms with Crippen LogP contribution in [0.1, 0.15) is 16.7 Å². The molecule has 0 saturated heterocycles. The zero-order valence-corrected chi connectivity index (χ0v) is 14.4. The molecule has 3 heteroatoms. The highest BCUT2D eigenvalue weighted by Gasteiger charge is 2.32. The quantitative estimate of drug-likeness (QED) is 0.516. The third kappa shape index (κ3) is 2.95. The molecule has 0 unspecified atom stereocenters. The molecule has 0 amide bonds. The largest absolute Gasteiger partial charge is 0.380 e. The van der Waals surface area contributed by atoms with Gasteiger partial charge < -0.3 is 10.1 Å². The van der Waals surface area contributed by atoms with Crippen LogP contribution in [0.5, 0.6) is 0 Å². The van der Waals surface area contributed by atoms with Crippen molar-refractivity contribution in [3.8, 4) is 0 Å². The molecule has 0 aliphatic heterocycles. The van der Waals surface area contributed by atoms with E-state index in [0.717, 1.165) is 27.6 Å². The molecule has 1 aromatic heterocycles. The Kier molecular flexibility index (Phi) is 4.08. The van der Waals surface area contributed by atoms with Crippen molar-refractivity contribution in [3.63, 3.8) is 0 Å². The molecule has 2 nitrogen and oxygen atoms in total. The van der Waals surface area contributed by atoms with Gasteiger partial charge in [-0.15, -0.1) is 0 Å². The molecule has 4 aromatic rings. The molecule has 0 saturated carbocycles. The first kappa shape index (κ1) is 15.9. The van der Waals surface area contributed by atoms with Crippen molar-refractivity contribution in [2.75, 3.05) is 0 Å². The number of benzene rings is 3. The van der Waals surface area contributed by atoms with Gasteiger partial charge in [-0.05, 0) is 28.8 Å². The number of halogens is 1. The predicted molar refractivity (Wildman–Crippen MR) is 103 cm³/mol. The molecule has 0 radical (unpaired) electrons. The molecule has 0 bridgehead atoms. The zero-order valence-electron chi connectivity index (χ0n) is 13.6. The van der Waals surface area contributed by atoms with E-state index in [4.69, 9.17) is 11.6 Å². The molecule has 0 spiro atoms. The lowest BCUT2D eigenvalue weighted by Crippen LogP contribution is -2.30. The van der Waals surface area contributed by atoms with Crippen LogP contribution in [0.15, 0.2) is 85.1 Å². The lowest BCUT2D eigenvalue weighted by Gasteiger charge is -2.29. The van der Waals surface area contributed by atoms with E-state index in [1.807, 2.05) is 85.1 Å². The van der Waals surface area contributed by atoms with Crippen LogP contribution in [0.2, 0.25) is 5.02 Å². The number of aromatic nitrogens is 1. The van der Waals surface area contributed by atoms with E-state index in [0.29, 0.717) is 11.4 Å². The van der Waals surface area contributed by atoms with Crippen LogP contribution in [0, 0.1) is 0 Å². The summed E-state index contributed by atoms with van der Waals surface area (Å²) >= 11 is 6.08. The normalized spacial score (nSPS) is 11.8. The van der Waals surface area contributed by atoms with E-state index in [9.17, 15) is 5.11 Å². The maximum Gasteiger partial charge on any atom is 0.119 e. The van der Waals surface area contributed by atoms with E-state index < -0.39 is 5.60 Å². The Balaban J connectivity index is 1.84. The summed E-state index contributed by atoms with van der Waals surface area (Å²) in [6, 6.07) is 25.4. The van der Waals surface area contributed by atoms with Crippen LogP contribution >= 0.6 is 11.6 Å². The number of hydrogen-bond donors (Lipinski definition) is 2. The lowest BCUT2D eigenvalue weighted by molar-refractivity contribution is 0.0815. The third-order valence-corrected chi connectivity index (χ3v) is 4.91. The molecule has 25 heavy (non-hydrogen) atoms. The minimum atomic E-state index is -1.10. The Hall–Kier alpha value is -2.55. The van der Waals surface area contributed by atoms with Gasteiger partial charge in [0.05, 0.1) is 0 Å². The molecule has 0 atom stereocenters. The number of H-pyrrole nitrogens is 1. The summed E-state index contributed by atoms with van der Waals surface area (Å²) in [4.78, 5) is 3.26. The van der Waals surface area contributed by atoms with Gasteiger partial charge in [-0.1, -0.05) is 78.3 Å². The maximum absolute atomic E-state index is 11.7. The van der Waals surface area contributed by atoms with Gasteiger partial charge in [0.1, 0.15) is 5.60 Å². The molecule has 4 rings (SSSR count). The molecular weight excluding hydrogens is 330 g/mol. The van der Waals surface area contributed by atoms with Crippen LogP contribution in [0.3, 0.4) is 0 Å². The van der Waals surface area contributed by atoms with Crippen LogP contribution in [0.4, 0.5) is 0 Å². The van der Waals surface area contributed by atoms with Crippen LogP contribution in [-0.4, -0.2) is 10.1 Å². The molecule has 0 aliphatic carbocycles. The number of aliphatic hydroxyl groups is 1. The average molecular weight is 348 g/mol. The van der Waals surface area contributed by atoms with Crippen molar-refractivity contribution < 1.29 is 5.11 Å². The van der Waals surface area contributed by atoms with E-state index in [-0.39, 0.29) is 0 Å². The summed E-state index contributed by atoms with van der Waals surface area (Å²) in [7, 11) is 0. The number of fused-ring (bicyclic) bond motifs is 1. The summed E-state index contributed by atoms with van der Waals surface area (Å²) in [6.07, 6.45) is 2.43. The number of nitrogens with one attached hydrogen (secondary N) is 1. The first-order chi connectivity index (χ1) is 12.2. The first-order valence-electron chi connectivity index (χ1n) is 8.26. The van der Waals surface area contributed by atoms with Gasteiger partial charge in [-0.25, -0.2) is 0 Å². The van der Waals surface area contributed by atoms with Gasteiger partial charge in [0.2, 0.25) is 0 Å². The molecule has 124 valence electrons. The van der Waals surface area contributed by atoms with Crippen LogP contribution in [-0.2, 0) is 12.0 Å². The molecule has 0 aliphatic rings. The topological polar surface area (TPSA) is 36.0 Å². The fourth-order valence-corrected chi connectivity index (χ4v) is 3.55. The van der Waals surface area contributed by atoms with Crippen molar-refractivity contribution in [2.45, 2.75) is 12.0 Å². The predicted octanol–water partition coefficient (Wildman–Crippen LogP) is 5.30. The standard InChI is InChI=1S/C22H18ClNO/c23-19-11-12-20-16(15-24-21(20)13-19)14-22(25,17-7-3-1-4-8-17)18-9-5-2-6-10-18/h1-13,15,24-25H,14H2. The molecule has 2 N–H and O–H groups in total. The van der Waals surface area contributed by atoms with E-state index in [1.54, 1.807) is 0 Å². The van der Waals surface area contributed by atoms with E-state index in [1.165, 1.54) is 0 Å². The van der Waals surface area contributed by atoms with Crippen molar-refractivity contribution in [2.24, 2.45) is 0 Å². The number of hydrogen-bond acceptors (Lipinski definition) is 1. The van der Waals surface area contributed by atoms with Gasteiger partial charge in [0.15, 0.2) is 0 Å². The van der Waals surface area contributed by atoms with Crippen molar-refractivity contribution in [1.82, 2.24) is 4.98 Å². The second-order valence-corrected chi connectivity index (χ2v) is 6.71. The second kappa shape index (κ2) is 6.40. The fourth-order valence-electron chi connectivity index (χ4n) is 3.38. The third-order valence-electron chi connectivity index (χ3n) is 4.68. The summed E-state index contributed by atoms with van der Waals surface area (Å²) in [5, 5.41) is 13.5. The van der Waals surface area contributed by atoms with Gasteiger partial charge >= 0.3 is 0 Å². The number of aromatic amines is 1. The fraction of sp³-hybridized carbons (Fsp3) is 0.0909. The Bertz CT molecular complexity index is 953. The summed E-state index contributed by atoms with van der Waals surface area (Å²) in [5.74, 6) is 0. The zero-order chi connectivity index (χ0) is 17.3. The Morgan fingerprint density at radius 1 is 0.840 bits per heavy atom. The van der Waals surface area contributed by atoms with Gasteiger partial charge in [0, 0.05) is 28.5 Å². The highest BCUT2D eigenvalue weighted by molar-refractivity contribution is 6.31. The van der Waals surface area contributed by atoms with Crippen LogP contribution in [0.25, 0.3) is 10.9 Å². The maximum atomic E-state index is 11.7. The summed E-state index contributed by atoms with van der Waals surface area (Å²) in [6.45, 7) is 0. The molecule has 3 aromatic carbocycles. The minimum absolute atomic E-state index is 0.475. The summed E-state index contributed by atoms with van der Waals surface area (Å²) < 4.78 is 0. The molecule has 1 heterocycles. The van der Waals surface area contributed by atoms with Gasteiger partial charge in [-0.2, -0.15) is 0 Å². The SMILES string of the molecule is OC(Cc1c[nH]c2cc(Cl)ccc12)(c1ccccc1)c1ccccc1. The minimum Gasteiger partial charge on any atom is -0.380 e. The van der Waals surface area contributed by atoms with Crippen LogP contribution < -0.4 is 0 Å². The van der Waals surface area contributed by atoms with Crippen molar-refractivity contribution >= 4 is 22.5 Å². The van der Waals surface area contributed by atoms with Gasteiger partial charge in [0.25, 0.3) is 0 Å². The summed E-state index contributed by atoms with van der Waals surface area (Å²) in [5.41, 5.74) is 2.69. The average Bonchev–Trinajstić information content (AvgIpc) is 3.04. The first-order valence-corrected chi connectivity index (χ1v) is 8.63. The lowest BCUT2D eigenvalue weighted by atomic mass is 9.81. The molecule has 0 fully saturated rings. The Morgan fingerprint density at radius 2 is 1.44 bits per heavy atom. The Morgan fingerprint density at radius 3 is 2.04 bits per heavy atom. The van der Waals surface area contributed by atoms with Gasteiger partial charge in [-0.3, -0.25) is 0 Å². The van der Waals surface area contributed by atoms with Crippen molar-refractivity contribution in [3.05, 3.63) is 107 Å².